The Labute approximate surface area is 81.4 Å². The van der Waals surface area contributed by atoms with Crippen LogP contribution in [0.1, 0.15) is 13.8 Å². The Balaban J connectivity index is 3.99. The summed E-state index contributed by atoms with van der Waals surface area (Å²) in [6, 6.07) is -1.34. The van der Waals surface area contributed by atoms with E-state index in [1.54, 1.807) is 13.8 Å². The fourth-order valence-electron chi connectivity index (χ4n) is 0.543. The Bertz CT molecular complexity index is 242. The molecule has 0 heterocycles. The monoisotopic (exact) mass is 227 g/mol. The first-order valence-electron chi connectivity index (χ1n) is 3.88. The van der Waals surface area contributed by atoms with Gasteiger partial charge < -0.3 is 15.7 Å². The van der Waals surface area contributed by atoms with Gasteiger partial charge in [-0.2, -0.15) is 0 Å². The van der Waals surface area contributed by atoms with Crippen LogP contribution in [0.5, 0.6) is 0 Å². The minimum Gasteiger partial charge on any atom is -0.480 e. The zero-order valence-corrected chi connectivity index (χ0v) is 8.81. The molecule has 0 radical (unpaired) electrons. The molecule has 2 atom stereocenters. The lowest BCUT2D eigenvalue weighted by Gasteiger charge is -2.15. The molecule has 14 heavy (non-hydrogen) atoms. The molecule has 0 aliphatic rings. The van der Waals surface area contributed by atoms with E-state index in [1.807, 2.05) is 0 Å². The van der Waals surface area contributed by atoms with Crippen LogP contribution in [-0.2, 0) is 18.4 Å². The largest absolute Gasteiger partial charge is 0.480 e. The molecule has 0 aromatic rings. The van der Waals surface area contributed by atoms with E-state index in [0.717, 1.165) is 0 Å². The van der Waals surface area contributed by atoms with Gasteiger partial charge in [-0.15, -0.1) is 0 Å². The molecular formula is C6H14NO6P. The SMILES string of the molecule is CC(C)OP(=O)(O)OCC(N)C(=O)O. The summed E-state index contributed by atoms with van der Waals surface area (Å²) in [6.07, 6.45) is -0.494. The highest BCUT2D eigenvalue weighted by Crippen LogP contribution is 2.44. The number of carboxylic acid groups (broad SMARTS) is 1. The lowest BCUT2D eigenvalue weighted by molar-refractivity contribution is -0.139. The fraction of sp³-hybridized carbons (Fsp3) is 0.833. The van der Waals surface area contributed by atoms with Crippen LogP contribution in [-0.4, -0.2) is 34.7 Å². The van der Waals surface area contributed by atoms with E-state index in [1.165, 1.54) is 0 Å². The number of rotatable bonds is 6. The molecule has 0 bridgehead atoms. The number of aliphatic carboxylic acids is 1. The summed E-state index contributed by atoms with van der Waals surface area (Å²) in [5, 5.41) is 8.34. The Kier molecular flexibility index (Phi) is 5.25. The van der Waals surface area contributed by atoms with E-state index in [4.69, 9.17) is 15.7 Å². The molecule has 0 saturated heterocycles. The molecule has 0 aliphatic heterocycles. The Hall–Kier alpha value is -0.460. The predicted octanol–water partition coefficient (Wildman–Crippen LogP) is -0.0597. The summed E-state index contributed by atoms with van der Waals surface area (Å²) in [4.78, 5) is 19.2. The molecule has 0 aliphatic carbocycles. The summed E-state index contributed by atoms with van der Waals surface area (Å²) in [5.41, 5.74) is 5.04. The molecule has 0 aromatic carbocycles. The Morgan fingerprint density at radius 2 is 2.07 bits per heavy atom. The number of carbonyl (C=O) groups is 1. The number of phosphoric acid groups is 1. The third-order valence-corrected chi connectivity index (χ3v) is 2.24. The van der Waals surface area contributed by atoms with Gasteiger partial charge in [0.05, 0.1) is 12.7 Å². The van der Waals surface area contributed by atoms with E-state index in [2.05, 4.69) is 9.05 Å². The Morgan fingerprint density at radius 3 is 2.43 bits per heavy atom. The molecule has 8 heteroatoms. The third kappa shape index (κ3) is 6.06. The number of hydrogen-bond donors (Lipinski definition) is 3. The lowest BCUT2D eigenvalue weighted by atomic mass is 10.3. The maximum Gasteiger partial charge on any atom is 0.472 e. The smallest absolute Gasteiger partial charge is 0.472 e. The molecule has 7 nitrogen and oxygen atoms in total. The van der Waals surface area contributed by atoms with Gasteiger partial charge in [0.15, 0.2) is 0 Å². The number of hydrogen-bond acceptors (Lipinski definition) is 5. The summed E-state index contributed by atoms with van der Waals surface area (Å²) in [6.45, 7) is 2.52. The molecule has 2 unspecified atom stereocenters. The molecular weight excluding hydrogens is 213 g/mol. The average molecular weight is 227 g/mol. The topological polar surface area (TPSA) is 119 Å². The molecule has 0 amide bonds. The first-order valence-corrected chi connectivity index (χ1v) is 5.38. The third-order valence-electron chi connectivity index (χ3n) is 1.08. The molecule has 0 spiro atoms. The first kappa shape index (κ1) is 13.5. The van der Waals surface area contributed by atoms with Crippen molar-refractivity contribution in [2.75, 3.05) is 6.61 Å². The van der Waals surface area contributed by atoms with Crippen LogP contribution >= 0.6 is 7.82 Å². The molecule has 0 fully saturated rings. The zero-order chi connectivity index (χ0) is 11.4. The van der Waals surface area contributed by atoms with Crippen molar-refractivity contribution in [1.29, 1.82) is 0 Å². The maximum absolute atomic E-state index is 11.0. The predicted molar refractivity (Wildman–Crippen MR) is 47.6 cm³/mol. The van der Waals surface area contributed by atoms with Crippen LogP contribution in [0.15, 0.2) is 0 Å². The van der Waals surface area contributed by atoms with Gasteiger partial charge in [-0.25, -0.2) is 4.57 Å². The molecule has 4 N–H and O–H groups in total. The van der Waals surface area contributed by atoms with Gasteiger partial charge >= 0.3 is 13.8 Å². The van der Waals surface area contributed by atoms with Crippen LogP contribution < -0.4 is 5.73 Å². The summed E-state index contributed by atoms with van der Waals surface area (Å²) < 4.78 is 19.9. The summed E-state index contributed by atoms with van der Waals surface area (Å²) in [5.74, 6) is -1.31. The highest BCUT2D eigenvalue weighted by molar-refractivity contribution is 7.47. The standard InChI is InChI=1S/C6H14NO6P/c1-4(2)13-14(10,11)12-3-5(7)6(8)9/h4-5H,3,7H2,1-2H3,(H,8,9)(H,10,11). The van der Waals surface area contributed by atoms with E-state index < -0.39 is 32.5 Å². The summed E-state index contributed by atoms with van der Waals surface area (Å²) >= 11 is 0. The van der Waals surface area contributed by atoms with E-state index >= 15 is 0 Å². The van der Waals surface area contributed by atoms with Gasteiger partial charge in [-0.1, -0.05) is 0 Å². The van der Waals surface area contributed by atoms with E-state index in [-0.39, 0.29) is 0 Å². The fourth-order valence-corrected chi connectivity index (χ4v) is 1.49. The molecule has 0 rings (SSSR count). The van der Waals surface area contributed by atoms with Crippen LogP contribution in [0.25, 0.3) is 0 Å². The zero-order valence-electron chi connectivity index (χ0n) is 7.91. The quantitative estimate of drug-likeness (QED) is 0.543. The van der Waals surface area contributed by atoms with Gasteiger partial charge in [-0.05, 0) is 13.8 Å². The van der Waals surface area contributed by atoms with Crippen LogP contribution in [0.4, 0.5) is 0 Å². The van der Waals surface area contributed by atoms with Gasteiger partial charge in [0, 0.05) is 0 Å². The highest BCUT2D eigenvalue weighted by atomic mass is 31.2. The van der Waals surface area contributed by atoms with Gasteiger partial charge in [0.2, 0.25) is 0 Å². The summed E-state index contributed by atoms with van der Waals surface area (Å²) in [7, 11) is -4.19. The minimum absolute atomic E-state index is 0.494. The van der Waals surface area contributed by atoms with Crippen LogP contribution in [0, 0.1) is 0 Å². The second kappa shape index (κ2) is 5.43. The minimum atomic E-state index is -4.19. The van der Waals surface area contributed by atoms with Gasteiger partial charge in [0.1, 0.15) is 6.04 Å². The molecule has 0 saturated carbocycles. The number of carboxylic acids is 1. The molecule has 84 valence electrons. The van der Waals surface area contributed by atoms with Crippen molar-refractivity contribution < 1.29 is 28.4 Å². The van der Waals surface area contributed by atoms with Gasteiger partial charge in [0.25, 0.3) is 0 Å². The van der Waals surface area contributed by atoms with Crippen LogP contribution in [0.3, 0.4) is 0 Å². The highest BCUT2D eigenvalue weighted by Gasteiger charge is 2.25. The Morgan fingerprint density at radius 1 is 1.57 bits per heavy atom. The van der Waals surface area contributed by atoms with Crippen molar-refractivity contribution >= 4 is 13.8 Å². The van der Waals surface area contributed by atoms with Crippen molar-refractivity contribution in [2.24, 2.45) is 5.73 Å². The number of nitrogens with two attached hydrogens (primary N) is 1. The molecule has 0 aromatic heterocycles. The van der Waals surface area contributed by atoms with Crippen molar-refractivity contribution in [2.45, 2.75) is 26.0 Å². The van der Waals surface area contributed by atoms with Gasteiger partial charge in [-0.3, -0.25) is 13.8 Å². The average Bonchev–Trinajstić information content (AvgIpc) is 1.97. The van der Waals surface area contributed by atoms with Crippen molar-refractivity contribution in [1.82, 2.24) is 0 Å². The van der Waals surface area contributed by atoms with Crippen molar-refractivity contribution in [3.63, 3.8) is 0 Å². The lowest BCUT2D eigenvalue weighted by Crippen LogP contribution is -2.34. The van der Waals surface area contributed by atoms with Crippen LogP contribution in [0.2, 0.25) is 0 Å². The second-order valence-corrected chi connectivity index (χ2v) is 4.27. The van der Waals surface area contributed by atoms with E-state index in [0.29, 0.717) is 0 Å². The van der Waals surface area contributed by atoms with Crippen molar-refractivity contribution in [3.8, 4) is 0 Å². The first-order chi connectivity index (χ1) is 6.24. The van der Waals surface area contributed by atoms with Crippen molar-refractivity contribution in [3.05, 3.63) is 0 Å². The number of phosphoric ester groups is 1. The normalized spacial score (nSPS) is 17.8. The van der Waals surface area contributed by atoms with E-state index in [9.17, 15) is 9.36 Å². The second-order valence-electron chi connectivity index (χ2n) is 2.86. The maximum atomic E-state index is 11.0.